The van der Waals surface area contributed by atoms with Crippen LogP contribution in [0.1, 0.15) is 58.3 Å². The van der Waals surface area contributed by atoms with Gasteiger partial charge in [0.2, 0.25) is 0 Å². The molecule has 0 bridgehead atoms. The molecule has 0 aliphatic rings. The van der Waals surface area contributed by atoms with E-state index in [1.54, 1.807) is 0 Å². The Bertz CT molecular complexity index is 117. The van der Waals surface area contributed by atoms with Gasteiger partial charge < -0.3 is 0 Å². The first-order valence-corrected chi connectivity index (χ1v) is 8.98. The Morgan fingerprint density at radius 3 is 1.76 bits per heavy atom. The van der Waals surface area contributed by atoms with E-state index in [9.17, 15) is 0 Å². The summed E-state index contributed by atoms with van der Waals surface area (Å²) < 4.78 is 12.1. The van der Waals surface area contributed by atoms with Crippen molar-refractivity contribution in [3.8, 4) is 0 Å². The SMILES string of the molecule is CCCCCCCCCCOCCOC[CH2][Na]. The second-order valence-corrected chi connectivity index (χ2v) is 5.70. The van der Waals surface area contributed by atoms with Crippen LogP contribution in [0, 0.1) is 0 Å². The van der Waals surface area contributed by atoms with Gasteiger partial charge in [-0.15, -0.1) is 0 Å². The molecule has 0 saturated carbocycles. The predicted molar refractivity (Wildman–Crippen MR) is 74.8 cm³/mol. The third kappa shape index (κ3) is 16.9. The van der Waals surface area contributed by atoms with Crippen molar-refractivity contribution in [2.75, 3.05) is 26.4 Å². The van der Waals surface area contributed by atoms with Crippen LogP contribution in [0.4, 0.5) is 0 Å². The minimum absolute atomic E-state index is 0.776. The van der Waals surface area contributed by atoms with Gasteiger partial charge in [0.1, 0.15) is 0 Å². The number of hydrogen-bond donors (Lipinski definition) is 0. The summed E-state index contributed by atoms with van der Waals surface area (Å²) in [5, 5.41) is 0. The molecule has 17 heavy (non-hydrogen) atoms. The summed E-state index contributed by atoms with van der Waals surface area (Å²) in [6.45, 7) is 5.66. The number of rotatable bonds is 14. The van der Waals surface area contributed by atoms with Crippen LogP contribution in [0.25, 0.3) is 0 Å². The molecule has 0 aromatic carbocycles. The number of unbranched alkanes of at least 4 members (excludes halogenated alkanes) is 7. The van der Waals surface area contributed by atoms with Crippen LogP contribution in [-0.4, -0.2) is 54.4 Å². The summed E-state index contributed by atoms with van der Waals surface area (Å²) in [5.74, 6) is 0. The van der Waals surface area contributed by atoms with Crippen molar-refractivity contribution in [3.05, 3.63) is 0 Å². The van der Waals surface area contributed by atoms with Crippen molar-refractivity contribution in [3.63, 3.8) is 0 Å². The fraction of sp³-hybridized carbons (Fsp3) is 1.00. The quantitative estimate of drug-likeness (QED) is 0.346. The van der Waals surface area contributed by atoms with E-state index < -0.39 is 0 Å². The Labute approximate surface area is 125 Å². The first-order valence-electron chi connectivity index (χ1n) is 7.57. The van der Waals surface area contributed by atoms with Crippen molar-refractivity contribution in [2.45, 2.75) is 62.0 Å². The van der Waals surface area contributed by atoms with Crippen LogP contribution < -0.4 is 0 Å². The van der Waals surface area contributed by atoms with E-state index >= 15 is 0 Å². The van der Waals surface area contributed by atoms with Crippen LogP contribution in [-0.2, 0) is 9.47 Å². The van der Waals surface area contributed by atoms with Gasteiger partial charge in [0.15, 0.2) is 0 Å². The van der Waals surface area contributed by atoms with Gasteiger partial charge in [-0.1, -0.05) is 26.2 Å². The van der Waals surface area contributed by atoms with Crippen LogP contribution in [0.2, 0.25) is 3.67 Å². The molecule has 0 N–H and O–H groups in total. The van der Waals surface area contributed by atoms with Crippen LogP contribution in [0.5, 0.6) is 0 Å². The molecule has 2 nitrogen and oxygen atoms in total. The number of ether oxygens (including phenoxy) is 2. The summed E-state index contributed by atoms with van der Waals surface area (Å²) in [5.41, 5.74) is 0. The standard InChI is InChI=1S/C14H29O2.Na/c1-3-5-6-7-8-9-10-11-12-16-14-13-15-4-2;/h2-14H2,1H3;. The fourth-order valence-electron chi connectivity index (χ4n) is 1.80. The van der Waals surface area contributed by atoms with Crippen molar-refractivity contribution >= 4 is 27.9 Å². The summed E-state index contributed by atoms with van der Waals surface area (Å²) in [7, 11) is 0. The van der Waals surface area contributed by atoms with Gasteiger partial charge in [0, 0.05) is 0 Å². The van der Waals surface area contributed by atoms with Gasteiger partial charge >= 0.3 is 99.6 Å². The Hall–Kier alpha value is 0.920. The topological polar surface area (TPSA) is 18.5 Å². The maximum absolute atomic E-state index is 5.51. The Kier molecular flexibility index (Phi) is 17.8. The molecule has 0 radical (unpaired) electrons. The Morgan fingerprint density at radius 2 is 1.18 bits per heavy atom. The molecule has 0 saturated heterocycles. The molecule has 0 aromatic heterocycles. The zero-order valence-corrected chi connectivity index (χ0v) is 14.0. The maximum atomic E-state index is 5.51. The fourth-order valence-corrected chi connectivity index (χ4v) is 2.09. The van der Waals surface area contributed by atoms with E-state index in [0.29, 0.717) is 0 Å². The zero-order chi connectivity index (χ0) is 12.6. The summed E-state index contributed by atoms with van der Waals surface area (Å²) in [6.07, 6.45) is 10.9. The molecule has 98 valence electrons. The summed E-state index contributed by atoms with van der Waals surface area (Å²) in [6, 6.07) is 0. The molecular weight excluding hydrogens is 223 g/mol. The monoisotopic (exact) mass is 252 g/mol. The summed E-state index contributed by atoms with van der Waals surface area (Å²) >= 11 is 1.24. The molecule has 0 spiro atoms. The molecule has 0 amide bonds. The van der Waals surface area contributed by atoms with Gasteiger partial charge in [0.25, 0.3) is 0 Å². The van der Waals surface area contributed by atoms with Gasteiger partial charge in [-0.25, -0.2) is 0 Å². The number of hydrogen-bond acceptors (Lipinski definition) is 2. The van der Waals surface area contributed by atoms with Gasteiger partial charge in [-0.2, -0.15) is 0 Å². The first-order chi connectivity index (χ1) is 8.41. The molecular formula is C14H29NaO2. The van der Waals surface area contributed by atoms with E-state index in [-0.39, 0.29) is 0 Å². The molecule has 0 aliphatic carbocycles. The molecule has 0 aromatic rings. The molecule has 0 unspecified atom stereocenters. The van der Waals surface area contributed by atoms with Crippen molar-refractivity contribution in [2.24, 2.45) is 0 Å². The average Bonchev–Trinajstić information content (AvgIpc) is 2.35. The van der Waals surface area contributed by atoms with Crippen molar-refractivity contribution < 1.29 is 9.47 Å². The normalized spacial score (nSPS) is 11.0. The van der Waals surface area contributed by atoms with Crippen LogP contribution >= 0.6 is 0 Å². The molecule has 0 aliphatic heterocycles. The average molecular weight is 252 g/mol. The van der Waals surface area contributed by atoms with Crippen molar-refractivity contribution in [1.29, 1.82) is 0 Å². The van der Waals surface area contributed by atoms with Gasteiger partial charge in [-0.3, -0.25) is 0 Å². The van der Waals surface area contributed by atoms with E-state index in [4.69, 9.17) is 9.47 Å². The zero-order valence-electron chi connectivity index (χ0n) is 12.0. The van der Waals surface area contributed by atoms with Crippen LogP contribution in [0.3, 0.4) is 0 Å². The van der Waals surface area contributed by atoms with E-state index in [2.05, 4.69) is 6.92 Å². The van der Waals surface area contributed by atoms with Crippen LogP contribution in [0.15, 0.2) is 0 Å². The first kappa shape index (κ1) is 17.9. The molecule has 0 heterocycles. The predicted octanol–water partition coefficient (Wildman–Crippen LogP) is 3.75. The molecule has 3 heteroatoms. The van der Waals surface area contributed by atoms with E-state index in [0.717, 1.165) is 26.4 Å². The minimum atomic E-state index is 0.776. The molecule has 0 atom stereocenters. The summed E-state index contributed by atoms with van der Waals surface area (Å²) in [4.78, 5) is 0. The third-order valence-corrected chi connectivity index (χ3v) is 3.27. The molecule has 0 rings (SSSR count). The second-order valence-electron chi connectivity index (χ2n) is 4.70. The third-order valence-electron chi connectivity index (χ3n) is 2.86. The van der Waals surface area contributed by atoms with Crippen molar-refractivity contribution in [1.82, 2.24) is 0 Å². The van der Waals surface area contributed by atoms with Gasteiger partial charge in [-0.05, 0) is 0 Å². The molecule has 0 fully saturated rings. The van der Waals surface area contributed by atoms with E-state index in [1.807, 2.05) is 0 Å². The van der Waals surface area contributed by atoms with E-state index in [1.165, 1.54) is 83.0 Å². The Balaban J connectivity index is 2.85. The second kappa shape index (κ2) is 16.9. The van der Waals surface area contributed by atoms with Gasteiger partial charge in [0.05, 0.1) is 0 Å². The Morgan fingerprint density at radius 1 is 0.647 bits per heavy atom.